The van der Waals surface area contributed by atoms with E-state index in [9.17, 15) is 9.59 Å². The van der Waals surface area contributed by atoms with E-state index in [1.54, 1.807) is 41.3 Å². The number of nitrogens with one attached hydrogen (secondary N) is 1. The largest absolute Gasteiger partial charge is 0.484 e. The van der Waals surface area contributed by atoms with Crippen molar-refractivity contribution < 1.29 is 14.3 Å². The van der Waals surface area contributed by atoms with Crippen molar-refractivity contribution in [3.8, 4) is 5.75 Å². The van der Waals surface area contributed by atoms with Crippen molar-refractivity contribution in [3.63, 3.8) is 0 Å². The number of rotatable bonds is 10. The summed E-state index contributed by atoms with van der Waals surface area (Å²) in [6.07, 6.45) is 5.74. The molecule has 0 heterocycles. The van der Waals surface area contributed by atoms with Gasteiger partial charge in [0.1, 0.15) is 11.8 Å². The van der Waals surface area contributed by atoms with Gasteiger partial charge >= 0.3 is 0 Å². The highest BCUT2D eigenvalue weighted by molar-refractivity contribution is 6.30. The minimum Gasteiger partial charge on any atom is -0.484 e. The van der Waals surface area contributed by atoms with Gasteiger partial charge in [-0.25, -0.2) is 0 Å². The number of nitrogens with zero attached hydrogens (tertiary/aromatic N) is 1. The first-order valence-corrected chi connectivity index (χ1v) is 13.5. The predicted octanol–water partition coefficient (Wildman–Crippen LogP) is 6.46. The van der Waals surface area contributed by atoms with Crippen molar-refractivity contribution >= 4 is 35.0 Å². The first kappa shape index (κ1) is 27.0. The summed E-state index contributed by atoms with van der Waals surface area (Å²) in [5, 5.41) is 4.38. The summed E-state index contributed by atoms with van der Waals surface area (Å²) in [6, 6.07) is 23.5. The van der Waals surface area contributed by atoms with Crippen LogP contribution in [0.25, 0.3) is 0 Å². The highest BCUT2D eigenvalue weighted by Crippen LogP contribution is 2.21. The Morgan fingerprint density at radius 3 is 2.30 bits per heavy atom. The number of carbonyl (C=O) groups excluding carboxylic acids is 2. The molecule has 194 valence electrons. The third-order valence-corrected chi connectivity index (χ3v) is 7.13. The van der Waals surface area contributed by atoms with Crippen LogP contribution in [0.4, 0.5) is 0 Å². The van der Waals surface area contributed by atoms with E-state index >= 15 is 0 Å². The molecule has 37 heavy (non-hydrogen) atoms. The van der Waals surface area contributed by atoms with Crippen molar-refractivity contribution in [2.45, 2.75) is 57.2 Å². The number of hydrogen-bond donors (Lipinski definition) is 1. The lowest BCUT2D eigenvalue weighted by molar-refractivity contribution is -0.143. The van der Waals surface area contributed by atoms with Crippen molar-refractivity contribution in [3.05, 3.63) is 100 Å². The molecule has 1 aliphatic carbocycles. The van der Waals surface area contributed by atoms with Crippen molar-refractivity contribution in [2.24, 2.45) is 0 Å². The Kier molecular flexibility index (Phi) is 9.86. The van der Waals surface area contributed by atoms with Gasteiger partial charge in [0.2, 0.25) is 5.91 Å². The van der Waals surface area contributed by atoms with Gasteiger partial charge in [0.15, 0.2) is 6.61 Å². The van der Waals surface area contributed by atoms with Gasteiger partial charge in [-0.3, -0.25) is 9.59 Å². The maximum atomic E-state index is 13.7. The predicted molar refractivity (Wildman–Crippen MR) is 148 cm³/mol. The van der Waals surface area contributed by atoms with Crippen LogP contribution in [0, 0.1) is 0 Å². The van der Waals surface area contributed by atoms with E-state index in [1.807, 2.05) is 42.5 Å². The quantitative estimate of drug-likeness (QED) is 0.322. The van der Waals surface area contributed by atoms with Gasteiger partial charge in [-0.2, -0.15) is 0 Å². The minimum absolute atomic E-state index is 0.134. The Morgan fingerprint density at radius 1 is 0.865 bits per heavy atom. The maximum absolute atomic E-state index is 13.7. The van der Waals surface area contributed by atoms with Crippen molar-refractivity contribution in [1.29, 1.82) is 0 Å². The van der Waals surface area contributed by atoms with Crippen LogP contribution in [-0.2, 0) is 22.6 Å². The topological polar surface area (TPSA) is 58.6 Å². The fourth-order valence-electron chi connectivity index (χ4n) is 4.67. The summed E-state index contributed by atoms with van der Waals surface area (Å²) in [5.74, 6) is 0.0778. The van der Waals surface area contributed by atoms with E-state index < -0.39 is 6.04 Å². The van der Waals surface area contributed by atoms with Gasteiger partial charge in [0.05, 0.1) is 0 Å². The summed E-state index contributed by atoms with van der Waals surface area (Å²) in [4.78, 5) is 29.0. The van der Waals surface area contributed by atoms with Gasteiger partial charge < -0.3 is 15.0 Å². The van der Waals surface area contributed by atoms with E-state index in [1.165, 1.54) is 6.42 Å². The van der Waals surface area contributed by atoms with Gasteiger partial charge in [-0.1, -0.05) is 91.0 Å². The van der Waals surface area contributed by atoms with Gasteiger partial charge in [0, 0.05) is 29.1 Å². The molecule has 3 aromatic rings. The molecule has 0 aromatic heterocycles. The van der Waals surface area contributed by atoms with Crippen molar-refractivity contribution in [2.75, 3.05) is 6.61 Å². The number of halogens is 2. The molecule has 1 aliphatic rings. The Bertz CT molecular complexity index is 1160. The number of amides is 2. The normalized spacial score (nSPS) is 14.5. The van der Waals surface area contributed by atoms with Crippen molar-refractivity contribution in [1.82, 2.24) is 10.2 Å². The molecule has 0 bridgehead atoms. The van der Waals surface area contributed by atoms with Crippen LogP contribution < -0.4 is 10.1 Å². The van der Waals surface area contributed by atoms with E-state index in [4.69, 9.17) is 27.9 Å². The molecule has 4 rings (SSSR count). The van der Waals surface area contributed by atoms with E-state index in [0.717, 1.165) is 36.8 Å². The summed E-state index contributed by atoms with van der Waals surface area (Å²) in [7, 11) is 0. The summed E-state index contributed by atoms with van der Waals surface area (Å²) in [6.45, 7) is 0.0421. The average molecular weight is 540 g/mol. The molecule has 1 unspecified atom stereocenters. The molecule has 7 heteroatoms. The highest BCUT2D eigenvalue weighted by Gasteiger charge is 2.32. The Balaban J connectivity index is 1.60. The number of carbonyl (C=O) groups is 2. The van der Waals surface area contributed by atoms with Crippen LogP contribution in [-0.4, -0.2) is 35.4 Å². The number of hydrogen-bond acceptors (Lipinski definition) is 3. The molecule has 0 saturated heterocycles. The molecule has 5 nitrogen and oxygen atoms in total. The minimum atomic E-state index is -0.699. The second-order valence-electron chi connectivity index (χ2n) is 9.44. The molecule has 1 fully saturated rings. The second-order valence-corrected chi connectivity index (χ2v) is 10.3. The molecule has 0 radical (unpaired) electrons. The van der Waals surface area contributed by atoms with Crippen LogP contribution in [0.1, 0.15) is 43.2 Å². The lowest BCUT2D eigenvalue weighted by Crippen LogP contribution is -2.53. The van der Waals surface area contributed by atoms with E-state index in [-0.39, 0.29) is 31.0 Å². The third kappa shape index (κ3) is 8.24. The monoisotopic (exact) mass is 538 g/mol. The molecule has 3 aromatic carbocycles. The summed E-state index contributed by atoms with van der Waals surface area (Å²) < 4.78 is 5.79. The van der Waals surface area contributed by atoms with Crippen LogP contribution in [0.2, 0.25) is 10.0 Å². The van der Waals surface area contributed by atoms with Crippen LogP contribution in [0.5, 0.6) is 5.75 Å². The Hall–Kier alpha value is -3.02. The zero-order valence-corrected chi connectivity index (χ0v) is 22.3. The third-order valence-electron chi connectivity index (χ3n) is 6.65. The molecular formula is C30H32Cl2N2O3. The van der Waals surface area contributed by atoms with Crippen LogP contribution in [0.3, 0.4) is 0 Å². The smallest absolute Gasteiger partial charge is 0.261 e. The highest BCUT2D eigenvalue weighted by atomic mass is 35.5. The van der Waals surface area contributed by atoms with E-state index in [0.29, 0.717) is 22.2 Å². The maximum Gasteiger partial charge on any atom is 0.261 e. The number of benzene rings is 3. The zero-order chi connectivity index (χ0) is 26.0. The molecule has 2 amide bonds. The molecule has 1 atom stereocenters. The Morgan fingerprint density at radius 2 is 1.59 bits per heavy atom. The van der Waals surface area contributed by atoms with Crippen LogP contribution in [0.15, 0.2) is 78.9 Å². The lowest BCUT2D eigenvalue weighted by Gasteiger charge is -2.33. The zero-order valence-electron chi connectivity index (χ0n) is 20.7. The summed E-state index contributed by atoms with van der Waals surface area (Å²) in [5.41, 5.74) is 1.86. The summed E-state index contributed by atoms with van der Waals surface area (Å²) >= 11 is 12.2. The lowest BCUT2D eigenvalue weighted by atomic mass is 9.94. The fraction of sp³-hybridized carbons (Fsp3) is 0.333. The second kappa shape index (κ2) is 13.5. The van der Waals surface area contributed by atoms with Crippen LogP contribution >= 0.6 is 23.2 Å². The molecular weight excluding hydrogens is 507 g/mol. The molecule has 0 aliphatic heterocycles. The number of ether oxygens (including phenoxy) is 1. The Labute approximate surface area is 228 Å². The molecule has 1 N–H and O–H groups in total. The van der Waals surface area contributed by atoms with E-state index in [2.05, 4.69) is 5.32 Å². The first-order chi connectivity index (χ1) is 18.0. The fourth-order valence-corrected chi connectivity index (χ4v) is 4.98. The van der Waals surface area contributed by atoms with Gasteiger partial charge in [0.25, 0.3) is 5.91 Å². The molecule has 0 spiro atoms. The van der Waals surface area contributed by atoms with Gasteiger partial charge in [-0.15, -0.1) is 0 Å². The molecule has 1 saturated carbocycles. The SMILES string of the molecule is O=C(NC1CCCCC1)C(Cc1ccccc1)N(Cc1ccc(Cl)cc1)C(=O)COc1cccc(Cl)c1. The first-order valence-electron chi connectivity index (χ1n) is 12.7. The van der Waals surface area contributed by atoms with Gasteiger partial charge in [-0.05, 0) is 54.3 Å². The average Bonchev–Trinajstić information content (AvgIpc) is 2.91. The standard InChI is InChI=1S/C30H32Cl2N2O3/c31-24-16-14-23(15-17-24)20-34(29(35)21-37-27-13-7-10-25(32)19-27)28(18-22-8-3-1-4-9-22)30(36)33-26-11-5-2-6-12-26/h1,3-4,7-10,13-17,19,26,28H,2,5-6,11-12,18,20-21H2,(H,33,36).